The first-order chi connectivity index (χ1) is 19.7. The lowest BCUT2D eigenvalue weighted by Crippen LogP contribution is -1.94. The van der Waals surface area contributed by atoms with Crippen LogP contribution in [0, 0.1) is 6.92 Å². The highest BCUT2D eigenvalue weighted by Crippen LogP contribution is 2.37. The van der Waals surface area contributed by atoms with E-state index in [1.165, 1.54) is 72.0 Å². The molecule has 6 aromatic carbocycles. The Hall–Kier alpha value is -4.88. The SMILES string of the molecule is CCc1ccccc1-c1cc(-c2ccc3c(c2)c2ccccc2n3-c2ccc(-c3ccccc3)cc2)ccc1C. The van der Waals surface area contributed by atoms with Gasteiger partial charge >= 0.3 is 0 Å². The van der Waals surface area contributed by atoms with Crippen molar-refractivity contribution in [2.45, 2.75) is 20.3 Å². The highest BCUT2D eigenvalue weighted by atomic mass is 15.0. The molecular weight excluding hydrogens is 482 g/mol. The Labute approximate surface area is 236 Å². The van der Waals surface area contributed by atoms with Crippen LogP contribution in [-0.2, 0) is 6.42 Å². The van der Waals surface area contributed by atoms with Gasteiger partial charge in [0, 0.05) is 16.5 Å². The van der Waals surface area contributed by atoms with Gasteiger partial charge in [-0.05, 0) is 94.3 Å². The van der Waals surface area contributed by atoms with E-state index >= 15 is 0 Å². The molecule has 1 heterocycles. The zero-order valence-electron chi connectivity index (χ0n) is 22.9. The molecule has 0 saturated carbocycles. The summed E-state index contributed by atoms with van der Waals surface area (Å²) in [6.07, 6.45) is 1.03. The molecule has 0 radical (unpaired) electrons. The normalized spacial score (nSPS) is 11.3. The second-order valence-electron chi connectivity index (χ2n) is 10.5. The molecule has 40 heavy (non-hydrogen) atoms. The Balaban J connectivity index is 1.36. The summed E-state index contributed by atoms with van der Waals surface area (Å²) in [4.78, 5) is 0. The molecule has 192 valence electrons. The van der Waals surface area contributed by atoms with E-state index < -0.39 is 0 Å². The van der Waals surface area contributed by atoms with Gasteiger partial charge in [0.2, 0.25) is 0 Å². The standard InChI is InChI=1S/C39H31N/c1-3-28-11-7-8-14-34(28)36-25-31(18-17-27(36)2)32-21-24-39-37(26-32)35-15-9-10-16-38(35)40(39)33-22-19-30(20-23-33)29-12-5-4-6-13-29/h4-26H,3H2,1-2H3. The maximum atomic E-state index is 2.39. The van der Waals surface area contributed by atoms with Crippen molar-refractivity contribution in [2.75, 3.05) is 0 Å². The second-order valence-corrected chi connectivity index (χ2v) is 10.5. The molecule has 0 amide bonds. The van der Waals surface area contributed by atoms with Crippen molar-refractivity contribution >= 4 is 21.8 Å². The summed E-state index contributed by atoms with van der Waals surface area (Å²) in [5.41, 5.74) is 13.9. The van der Waals surface area contributed by atoms with Crippen LogP contribution in [0.25, 0.3) is 60.9 Å². The number of benzene rings is 6. The molecule has 0 aliphatic heterocycles. The van der Waals surface area contributed by atoms with Crippen molar-refractivity contribution < 1.29 is 0 Å². The van der Waals surface area contributed by atoms with Gasteiger partial charge in [0.05, 0.1) is 11.0 Å². The molecular formula is C39H31N. The fourth-order valence-electron chi connectivity index (χ4n) is 6.05. The van der Waals surface area contributed by atoms with Gasteiger partial charge in [0.15, 0.2) is 0 Å². The molecule has 1 nitrogen and oxygen atoms in total. The lowest BCUT2D eigenvalue weighted by molar-refractivity contribution is 1.14. The first-order valence-corrected chi connectivity index (χ1v) is 14.1. The van der Waals surface area contributed by atoms with Crippen molar-refractivity contribution in [3.05, 3.63) is 151 Å². The third-order valence-corrected chi connectivity index (χ3v) is 8.16. The second kappa shape index (κ2) is 10.0. The summed E-state index contributed by atoms with van der Waals surface area (Å²) in [7, 11) is 0. The zero-order chi connectivity index (χ0) is 27.1. The molecule has 0 bridgehead atoms. The van der Waals surface area contributed by atoms with Crippen LogP contribution in [0.4, 0.5) is 0 Å². The van der Waals surface area contributed by atoms with Gasteiger partial charge in [0.1, 0.15) is 0 Å². The van der Waals surface area contributed by atoms with Gasteiger partial charge < -0.3 is 4.57 Å². The number of hydrogen-bond acceptors (Lipinski definition) is 0. The minimum Gasteiger partial charge on any atom is -0.309 e. The van der Waals surface area contributed by atoms with Crippen molar-refractivity contribution in [1.82, 2.24) is 4.57 Å². The van der Waals surface area contributed by atoms with Gasteiger partial charge in [-0.15, -0.1) is 0 Å². The predicted molar refractivity (Wildman–Crippen MR) is 171 cm³/mol. The summed E-state index contributed by atoms with van der Waals surface area (Å²) in [5, 5.41) is 2.55. The third-order valence-electron chi connectivity index (χ3n) is 8.16. The number of para-hydroxylation sites is 1. The zero-order valence-corrected chi connectivity index (χ0v) is 22.9. The quantitative estimate of drug-likeness (QED) is 0.216. The van der Waals surface area contributed by atoms with Crippen molar-refractivity contribution in [1.29, 1.82) is 0 Å². The summed E-state index contributed by atoms with van der Waals surface area (Å²) in [5.74, 6) is 0. The van der Waals surface area contributed by atoms with Crippen LogP contribution < -0.4 is 0 Å². The van der Waals surface area contributed by atoms with E-state index in [1.807, 2.05) is 0 Å². The molecule has 1 aromatic heterocycles. The van der Waals surface area contributed by atoms with E-state index in [2.05, 4.69) is 158 Å². The van der Waals surface area contributed by atoms with Crippen LogP contribution >= 0.6 is 0 Å². The highest BCUT2D eigenvalue weighted by Gasteiger charge is 2.14. The van der Waals surface area contributed by atoms with Gasteiger partial charge in [0.25, 0.3) is 0 Å². The van der Waals surface area contributed by atoms with Gasteiger partial charge in [-0.1, -0.05) is 110 Å². The molecule has 7 rings (SSSR count). The predicted octanol–water partition coefficient (Wildman–Crippen LogP) is 10.7. The molecule has 1 heteroatoms. The van der Waals surface area contributed by atoms with E-state index in [4.69, 9.17) is 0 Å². The molecule has 0 N–H and O–H groups in total. The first-order valence-electron chi connectivity index (χ1n) is 14.1. The third kappa shape index (κ3) is 4.12. The number of hydrogen-bond donors (Lipinski definition) is 0. The van der Waals surface area contributed by atoms with Crippen molar-refractivity contribution in [3.8, 4) is 39.1 Å². The monoisotopic (exact) mass is 513 g/mol. The fraction of sp³-hybridized carbons (Fsp3) is 0.0769. The smallest absolute Gasteiger partial charge is 0.0541 e. The lowest BCUT2D eigenvalue weighted by atomic mass is 9.91. The molecule has 0 fully saturated rings. The largest absolute Gasteiger partial charge is 0.309 e. The van der Waals surface area contributed by atoms with E-state index in [0.717, 1.165) is 6.42 Å². The number of aromatic nitrogens is 1. The molecule has 0 saturated heterocycles. The van der Waals surface area contributed by atoms with Crippen LogP contribution in [-0.4, -0.2) is 4.57 Å². The summed E-state index contributed by atoms with van der Waals surface area (Å²) in [6.45, 7) is 4.45. The summed E-state index contributed by atoms with van der Waals surface area (Å²) >= 11 is 0. The Kier molecular flexibility index (Phi) is 6.06. The maximum Gasteiger partial charge on any atom is 0.0541 e. The van der Waals surface area contributed by atoms with E-state index in [-0.39, 0.29) is 0 Å². The molecule has 0 atom stereocenters. The minimum absolute atomic E-state index is 1.03. The van der Waals surface area contributed by atoms with Gasteiger partial charge in [-0.3, -0.25) is 0 Å². The van der Waals surface area contributed by atoms with Gasteiger partial charge in [-0.2, -0.15) is 0 Å². The van der Waals surface area contributed by atoms with Gasteiger partial charge in [-0.25, -0.2) is 0 Å². The Bertz CT molecular complexity index is 1970. The highest BCUT2D eigenvalue weighted by molar-refractivity contribution is 6.10. The first kappa shape index (κ1) is 24.2. The van der Waals surface area contributed by atoms with E-state index in [0.29, 0.717) is 0 Å². The average molecular weight is 514 g/mol. The van der Waals surface area contributed by atoms with Crippen LogP contribution in [0.2, 0.25) is 0 Å². The van der Waals surface area contributed by atoms with Crippen molar-refractivity contribution in [3.63, 3.8) is 0 Å². The summed E-state index contributed by atoms with van der Waals surface area (Å²) in [6, 6.07) is 50.8. The van der Waals surface area contributed by atoms with Crippen LogP contribution in [0.3, 0.4) is 0 Å². The molecule has 0 aliphatic carbocycles. The van der Waals surface area contributed by atoms with Crippen LogP contribution in [0.5, 0.6) is 0 Å². The summed E-state index contributed by atoms with van der Waals surface area (Å²) < 4.78 is 2.39. The average Bonchev–Trinajstić information content (AvgIpc) is 3.35. The maximum absolute atomic E-state index is 2.39. The lowest BCUT2D eigenvalue weighted by Gasteiger charge is -2.13. The molecule has 0 spiro atoms. The topological polar surface area (TPSA) is 4.93 Å². The van der Waals surface area contributed by atoms with E-state index in [9.17, 15) is 0 Å². The minimum atomic E-state index is 1.03. The Morgan fingerprint density at radius 1 is 0.475 bits per heavy atom. The molecule has 7 aromatic rings. The number of rotatable bonds is 5. The van der Waals surface area contributed by atoms with E-state index in [1.54, 1.807) is 0 Å². The molecule has 0 unspecified atom stereocenters. The number of aryl methyl sites for hydroxylation is 2. The van der Waals surface area contributed by atoms with Crippen LogP contribution in [0.1, 0.15) is 18.1 Å². The number of nitrogens with zero attached hydrogens (tertiary/aromatic N) is 1. The fourth-order valence-corrected chi connectivity index (χ4v) is 6.05. The Morgan fingerprint density at radius 3 is 1.93 bits per heavy atom. The Morgan fingerprint density at radius 2 is 1.10 bits per heavy atom. The number of fused-ring (bicyclic) bond motifs is 3. The van der Waals surface area contributed by atoms with Crippen molar-refractivity contribution in [2.24, 2.45) is 0 Å². The molecule has 0 aliphatic rings. The van der Waals surface area contributed by atoms with Crippen LogP contribution in [0.15, 0.2) is 140 Å².